The van der Waals surface area contributed by atoms with E-state index in [0.717, 1.165) is 25.7 Å². The molecule has 118 valence electrons. The lowest BCUT2D eigenvalue weighted by Crippen LogP contribution is -2.21. The summed E-state index contributed by atoms with van der Waals surface area (Å²) >= 11 is 0. The number of carbonyl (C=O) groups is 1. The zero-order valence-electron chi connectivity index (χ0n) is 13.0. The van der Waals surface area contributed by atoms with Gasteiger partial charge in [0.2, 0.25) is 0 Å². The molecule has 0 aromatic carbocycles. The van der Waals surface area contributed by atoms with Gasteiger partial charge in [0.15, 0.2) is 0 Å². The van der Waals surface area contributed by atoms with Crippen molar-refractivity contribution in [2.45, 2.75) is 90.1 Å². The average molecular weight is 284 g/mol. The number of rotatable bonds is 11. The molecule has 3 nitrogen and oxygen atoms in total. The fourth-order valence-electron chi connectivity index (χ4n) is 3.55. The van der Waals surface area contributed by atoms with E-state index in [4.69, 9.17) is 5.11 Å². The van der Waals surface area contributed by atoms with Gasteiger partial charge in [-0.15, -0.1) is 0 Å². The van der Waals surface area contributed by atoms with Crippen molar-refractivity contribution in [3.63, 3.8) is 0 Å². The average Bonchev–Trinajstić information content (AvgIpc) is 2.73. The summed E-state index contributed by atoms with van der Waals surface area (Å²) in [5, 5.41) is 18.9. The van der Waals surface area contributed by atoms with Crippen LogP contribution < -0.4 is 0 Å². The van der Waals surface area contributed by atoms with E-state index in [9.17, 15) is 9.90 Å². The van der Waals surface area contributed by atoms with Gasteiger partial charge in [-0.1, -0.05) is 58.3 Å². The van der Waals surface area contributed by atoms with Crippen molar-refractivity contribution in [3.8, 4) is 0 Å². The summed E-state index contributed by atoms with van der Waals surface area (Å²) in [5.41, 5.74) is 0. The first-order chi connectivity index (χ1) is 9.65. The van der Waals surface area contributed by atoms with E-state index in [1.165, 1.54) is 44.9 Å². The van der Waals surface area contributed by atoms with Crippen molar-refractivity contribution >= 4 is 5.97 Å². The first-order valence-corrected chi connectivity index (χ1v) is 8.55. The number of hydrogen-bond acceptors (Lipinski definition) is 2. The highest BCUT2D eigenvalue weighted by atomic mass is 16.4. The summed E-state index contributed by atoms with van der Waals surface area (Å²) < 4.78 is 0. The monoisotopic (exact) mass is 284 g/mol. The summed E-state index contributed by atoms with van der Waals surface area (Å²) in [6.45, 7) is 2.24. The second-order valence-corrected chi connectivity index (χ2v) is 6.43. The third-order valence-electron chi connectivity index (χ3n) is 4.76. The Morgan fingerprint density at radius 2 is 1.60 bits per heavy atom. The lowest BCUT2D eigenvalue weighted by molar-refractivity contribution is -0.138. The van der Waals surface area contributed by atoms with Gasteiger partial charge in [0.25, 0.3) is 0 Å². The molecule has 0 saturated heterocycles. The summed E-state index contributed by atoms with van der Waals surface area (Å²) in [7, 11) is 0. The molecular formula is C17H32O3. The molecular weight excluding hydrogens is 252 g/mol. The fourth-order valence-corrected chi connectivity index (χ4v) is 3.55. The summed E-state index contributed by atoms with van der Waals surface area (Å²) in [5.74, 6) is -0.289. The van der Waals surface area contributed by atoms with Crippen molar-refractivity contribution in [2.75, 3.05) is 0 Å². The number of carboxylic acids is 1. The first-order valence-electron chi connectivity index (χ1n) is 8.55. The SMILES string of the molecule is CCCCCCCCCCC1C(O)CCC1CC(=O)O. The molecule has 1 aliphatic rings. The molecule has 0 aromatic heterocycles. The van der Waals surface area contributed by atoms with Gasteiger partial charge in [0, 0.05) is 6.42 Å². The molecule has 0 heterocycles. The molecule has 3 atom stereocenters. The van der Waals surface area contributed by atoms with Crippen LogP contribution in [0.2, 0.25) is 0 Å². The molecule has 2 N–H and O–H groups in total. The van der Waals surface area contributed by atoms with Gasteiger partial charge in [0.1, 0.15) is 0 Å². The minimum Gasteiger partial charge on any atom is -0.481 e. The molecule has 0 radical (unpaired) electrons. The number of unbranched alkanes of at least 4 members (excludes halogenated alkanes) is 7. The third-order valence-corrected chi connectivity index (χ3v) is 4.76. The molecule has 1 rings (SSSR count). The quantitative estimate of drug-likeness (QED) is 0.554. The molecule has 0 aliphatic heterocycles. The largest absolute Gasteiger partial charge is 0.481 e. The van der Waals surface area contributed by atoms with Crippen LogP contribution in [0.3, 0.4) is 0 Å². The zero-order valence-corrected chi connectivity index (χ0v) is 13.0. The van der Waals surface area contributed by atoms with Crippen molar-refractivity contribution in [1.82, 2.24) is 0 Å². The predicted molar refractivity (Wildman–Crippen MR) is 81.7 cm³/mol. The second-order valence-electron chi connectivity index (χ2n) is 6.43. The van der Waals surface area contributed by atoms with Crippen LogP contribution in [0.25, 0.3) is 0 Å². The van der Waals surface area contributed by atoms with Gasteiger partial charge < -0.3 is 10.2 Å². The standard InChI is InChI=1S/C17H32O3/c1-2-3-4-5-6-7-8-9-10-15-14(13-17(19)20)11-12-16(15)18/h14-16,18H,2-13H2,1H3,(H,19,20). The second kappa shape index (κ2) is 10.2. The normalized spacial score (nSPS) is 26.0. The Morgan fingerprint density at radius 1 is 1.00 bits per heavy atom. The van der Waals surface area contributed by atoms with Gasteiger partial charge in [0.05, 0.1) is 6.10 Å². The molecule has 1 aliphatic carbocycles. The number of carboxylic acid groups (broad SMARTS) is 1. The topological polar surface area (TPSA) is 57.5 Å². The zero-order chi connectivity index (χ0) is 14.8. The van der Waals surface area contributed by atoms with E-state index in [1.54, 1.807) is 0 Å². The molecule has 0 spiro atoms. The maximum absolute atomic E-state index is 10.8. The smallest absolute Gasteiger partial charge is 0.303 e. The van der Waals surface area contributed by atoms with Crippen LogP contribution in [0.1, 0.15) is 84.0 Å². The van der Waals surface area contributed by atoms with Crippen LogP contribution in [0, 0.1) is 11.8 Å². The highest BCUT2D eigenvalue weighted by Gasteiger charge is 2.35. The van der Waals surface area contributed by atoms with E-state index in [-0.39, 0.29) is 24.4 Å². The van der Waals surface area contributed by atoms with Gasteiger partial charge in [-0.05, 0) is 31.1 Å². The van der Waals surface area contributed by atoms with E-state index >= 15 is 0 Å². The lowest BCUT2D eigenvalue weighted by Gasteiger charge is -2.20. The van der Waals surface area contributed by atoms with Crippen LogP contribution in [0.15, 0.2) is 0 Å². The Bertz CT molecular complexity index is 265. The summed E-state index contributed by atoms with van der Waals surface area (Å²) in [6.07, 6.45) is 13.0. The van der Waals surface area contributed by atoms with Crippen molar-refractivity contribution in [3.05, 3.63) is 0 Å². The summed E-state index contributed by atoms with van der Waals surface area (Å²) in [6, 6.07) is 0. The van der Waals surface area contributed by atoms with Crippen LogP contribution in [-0.2, 0) is 4.79 Å². The molecule has 1 saturated carbocycles. The molecule has 3 unspecified atom stereocenters. The predicted octanol–water partition coefficient (Wildman–Crippen LogP) is 4.38. The van der Waals surface area contributed by atoms with Crippen molar-refractivity contribution in [2.24, 2.45) is 11.8 Å². The lowest BCUT2D eigenvalue weighted by atomic mass is 9.87. The van der Waals surface area contributed by atoms with Gasteiger partial charge in [-0.25, -0.2) is 0 Å². The molecule has 1 fully saturated rings. The Balaban J connectivity index is 2.08. The number of aliphatic hydroxyl groups is 1. The Hall–Kier alpha value is -0.570. The molecule has 20 heavy (non-hydrogen) atoms. The number of aliphatic hydroxyl groups excluding tert-OH is 1. The summed E-state index contributed by atoms with van der Waals surface area (Å²) in [4.78, 5) is 10.8. The minimum atomic E-state index is -0.718. The van der Waals surface area contributed by atoms with Gasteiger partial charge >= 0.3 is 5.97 Å². The first kappa shape index (κ1) is 17.5. The highest BCUT2D eigenvalue weighted by Crippen LogP contribution is 2.37. The Labute approximate surface area is 123 Å². The number of hydrogen-bond donors (Lipinski definition) is 2. The van der Waals surface area contributed by atoms with Crippen LogP contribution in [0.4, 0.5) is 0 Å². The van der Waals surface area contributed by atoms with E-state index in [2.05, 4.69) is 6.92 Å². The molecule has 0 bridgehead atoms. The third kappa shape index (κ3) is 6.74. The van der Waals surface area contributed by atoms with Crippen molar-refractivity contribution < 1.29 is 15.0 Å². The van der Waals surface area contributed by atoms with Crippen LogP contribution in [0.5, 0.6) is 0 Å². The van der Waals surface area contributed by atoms with Crippen LogP contribution in [-0.4, -0.2) is 22.3 Å². The fraction of sp³-hybridized carbons (Fsp3) is 0.941. The maximum Gasteiger partial charge on any atom is 0.303 e. The molecule has 0 amide bonds. The molecule has 3 heteroatoms. The van der Waals surface area contributed by atoms with E-state index in [1.807, 2.05) is 0 Å². The highest BCUT2D eigenvalue weighted by molar-refractivity contribution is 5.67. The Morgan fingerprint density at radius 3 is 2.20 bits per heavy atom. The van der Waals surface area contributed by atoms with Gasteiger partial charge in [-0.3, -0.25) is 4.79 Å². The Kier molecular flexibility index (Phi) is 8.92. The number of aliphatic carboxylic acids is 1. The minimum absolute atomic E-state index is 0.201. The van der Waals surface area contributed by atoms with Crippen LogP contribution >= 0.6 is 0 Å². The van der Waals surface area contributed by atoms with E-state index < -0.39 is 5.97 Å². The molecule has 0 aromatic rings. The maximum atomic E-state index is 10.8. The van der Waals surface area contributed by atoms with Crippen molar-refractivity contribution in [1.29, 1.82) is 0 Å². The van der Waals surface area contributed by atoms with Gasteiger partial charge in [-0.2, -0.15) is 0 Å². The van der Waals surface area contributed by atoms with E-state index in [0.29, 0.717) is 0 Å².